The zero-order chi connectivity index (χ0) is 11.6. The van der Waals surface area contributed by atoms with Crippen LogP contribution < -0.4 is 5.73 Å². The van der Waals surface area contributed by atoms with Gasteiger partial charge in [-0.1, -0.05) is 6.07 Å². The molecule has 0 aliphatic carbocycles. The van der Waals surface area contributed by atoms with Gasteiger partial charge in [-0.15, -0.1) is 0 Å². The summed E-state index contributed by atoms with van der Waals surface area (Å²) in [7, 11) is 3.86. The Morgan fingerprint density at radius 3 is 2.53 bits per heavy atom. The summed E-state index contributed by atoms with van der Waals surface area (Å²) in [6, 6.07) is 4.98. The van der Waals surface area contributed by atoms with Crippen LogP contribution in [-0.4, -0.2) is 24.7 Å². The minimum absolute atomic E-state index is 0.248. The first-order valence-electron chi connectivity index (χ1n) is 4.73. The van der Waals surface area contributed by atoms with Crippen molar-refractivity contribution in [1.82, 2.24) is 4.90 Å². The molecule has 2 N–H and O–H groups in total. The van der Waals surface area contributed by atoms with Crippen molar-refractivity contribution < 1.29 is 4.39 Å². The summed E-state index contributed by atoms with van der Waals surface area (Å²) in [5, 5.41) is 0. The predicted octanol–water partition coefficient (Wildman–Crippen LogP) is 2.37. The van der Waals surface area contributed by atoms with Gasteiger partial charge >= 0.3 is 0 Å². The van der Waals surface area contributed by atoms with Crippen LogP contribution in [0.1, 0.15) is 12.5 Å². The Hall–Kier alpha value is -0.450. The largest absolute Gasteiger partial charge is 0.313 e. The molecule has 0 heterocycles. The number of rotatable bonds is 3. The lowest BCUT2D eigenvalue weighted by Crippen LogP contribution is -2.51. The lowest BCUT2D eigenvalue weighted by Gasteiger charge is -2.32. The van der Waals surface area contributed by atoms with Crippen molar-refractivity contribution in [3.63, 3.8) is 0 Å². The second kappa shape index (κ2) is 4.60. The molecule has 0 spiro atoms. The molecular weight excluding hydrogens is 259 g/mol. The van der Waals surface area contributed by atoms with Gasteiger partial charge in [-0.3, -0.25) is 4.90 Å². The van der Waals surface area contributed by atoms with E-state index in [1.807, 2.05) is 25.9 Å². The molecule has 1 atom stereocenters. The van der Waals surface area contributed by atoms with Crippen molar-refractivity contribution >= 4 is 15.9 Å². The van der Waals surface area contributed by atoms with E-state index >= 15 is 0 Å². The molecule has 0 aromatic heterocycles. The van der Waals surface area contributed by atoms with Crippen molar-refractivity contribution in [2.24, 2.45) is 5.73 Å². The average molecular weight is 275 g/mol. The third-order valence-corrected chi connectivity index (χ3v) is 3.18. The fourth-order valence-corrected chi connectivity index (χ4v) is 1.65. The van der Waals surface area contributed by atoms with Crippen LogP contribution in [0.15, 0.2) is 22.7 Å². The van der Waals surface area contributed by atoms with Crippen LogP contribution in [-0.2, 0) is 6.42 Å². The quantitative estimate of drug-likeness (QED) is 0.858. The normalized spacial score (nSPS) is 15.4. The van der Waals surface area contributed by atoms with Gasteiger partial charge in [0.15, 0.2) is 0 Å². The number of hydrogen-bond acceptors (Lipinski definition) is 2. The van der Waals surface area contributed by atoms with Crippen LogP contribution in [0.3, 0.4) is 0 Å². The van der Waals surface area contributed by atoms with Crippen LogP contribution in [0.2, 0.25) is 0 Å². The van der Waals surface area contributed by atoms with Gasteiger partial charge < -0.3 is 5.73 Å². The molecule has 2 nitrogen and oxygen atoms in total. The van der Waals surface area contributed by atoms with Gasteiger partial charge in [0.1, 0.15) is 5.82 Å². The van der Waals surface area contributed by atoms with Crippen LogP contribution in [0, 0.1) is 5.82 Å². The van der Waals surface area contributed by atoms with E-state index in [0.717, 1.165) is 5.56 Å². The van der Waals surface area contributed by atoms with Gasteiger partial charge in [-0.05, 0) is 54.6 Å². The maximum atomic E-state index is 13.0. The van der Waals surface area contributed by atoms with Gasteiger partial charge in [-0.2, -0.15) is 0 Å². The highest BCUT2D eigenvalue weighted by Crippen LogP contribution is 2.20. The van der Waals surface area contributed by atoms with E-state index < -0.39 is 5.66 Å². The number of nitrogens with zero attached hydrogens (tertiary/aromatic N) is 1. The van der Waals surface area contributed by atoms with Crippen molar-refractivity contribution in [1.29, 1.82) is 0 Å². The Morgan fingerprint density at radius 1 is 1.47 bits per heavy atom. The van der Waals surface area contributed by atoms with E-state index in [2.05, 4.69) is 15.9 Å². The van der Waals surface area contributed by atoms with E-state index in [4.69, 9.17) is 5.73 Å². The molecule has 0 saturated carbocycles. The molecule has 0 bridgehead atoms. The van der Waals surface area contributed by atoms with Gasteiger partial charge in [0.05, 0.1) is 10.1 Å². The van der Waals surface area contributed by atoms with Gasteiger partial charge in [-0.25, -0.2) is 4.39 Å². The summed E-state index contributed by atoms with van der Waals surface area (Å²) >= 11 is 3.16. The SMILES string of the molecule is CN(C)C(C)(N)Cc1ccc(F)c(Br)c1. The van der Waals surface area contributed by atoms with E-state index in [1.165, 1.54) is 6.07 Å². The van der Waals surface area contributed by atoms with E-state index in [1.54, 1.807) is 12.1 Å². The average Bonchev–Trinajstić information content (AvgIpc) is 2.10. The fraction of sp³-hybridized carbons (Fsp3) is 0.455. The number of hydrogen-bond donors (Lipinski definition) is 1. The van der Waals surface area contributed by atoms with Crippen LogP contribution >= 0.6 is 15.9 Å². The predicted molar refractivity (Wildman–Crippen MR) is 64.1 cm³/mol. The summed E-state index contributed by atoms with van der Waals surface area (Å²) < 4.78 is 13.5. The second-order valence-electron chi connectivity index (χ2n) is 4.18. The topological polar surface area (TPSA) is 29.3 Å². The number of nitrogens with two attached hydrogens (primary N) is 1. The number of halogens is 2. The molecule has 0 aliphatic heterocycles. The highest BCUT2D eigenvalue weighted by molar-refractivity contribution is 9.10. The maximum absolute atomic E-state index is 13.0. The van der Waals surface area contributed by atoms with Crippen molar-refractivity contribution in [3.05, 3.63) is 34.1 Å². The van der Waals surface area contributed by atoms with E-state index in [0.29, 0.717) is 10.9 Å². The zero-order valence-corrected chi connectivity index (χ0v) is 10.8. The molecule has 1 unspecified atom stereocenters. The Balaban J connectivity index is 2.86. The van der Waals surface area contributed by atoms with Crippen molar-refractivity contribution in [2.45, 2.75) is 19.0 Å². The molecule has 1 aromatic carbocycles. The Labute approximate surface area is 98.4 Å². The Kier molecular flexibility index (Phi) is 3.87. The molecule has 4 heteroatoms. The molecule has 0 aliphatic rings. The Morgan fingerprint density at radius 2 is 2.07 bits per heavy atom. The highest BCUT2D eigenvalue weighted by Gasteiger charge is 2.21. The first-order chi connectivity index (χ1) is 6.83. The maximum Gasteiger partial charge on any atom is 0.137 e. The Bertz CT molecular complexity index is 350. The molecular formula is C11H16BrFN2. The first-order valence-corrected chi connectivity index (χ1v) is 5.52. The summed E-state index contributed by atoms with van der Waals surface area (Å²) in [6.07, 6.45) is 0.679. The van der Waals surface area contributed by atoms with Gasteiger partial charge in [0, 0.05) is 6.42 Å². The molecule has 1 rings (SSSR count). The minimum atomic E-state index is -0.419. The minimum Gasteiger partial charge on any atom is -0.313 e. The monoisotopic (exact) mass is 274 g/mol. The van der Waals surface area contributed by atoms with Crippen LogP contribution in [0.25, 0.3) is 0 Å². The number of likely N-dealkylation sites (N-methyl/N-ethyl adjacent to an activating group) is 1. The molecule has 1 aromatic rings. The van der Waals surface area contributed by atoms with E-state index in [9.17, 15) is 4.39 Å². The summed E-state index contributed by atoms with van der Waals surface area (Å²) in [5.74, 6) is -0.248. The zero-order valence-electron chi connectivity index (χ0n) is 9.22. The molecule has 0 amide bonds. The fourth-order valence-electron chi connectivity index (χ4n) is 1.22. The summed E-state index contributed by atoms with van der Waals surface area (Å²) in [5.41, 5.74) is 6.69. The molecule has 84 valence electrons. The molecule has 15 heavy (non-hydrogen) atoms. The summed E-state index contributed by atoms with van der Waals surface area (Å²) in [6.45, 7) is 1.95. The molecule has 0 saturated heterocycles. The number of benzene rings is 1. The summed E-state index contributed by atoms with van der Waals surface area (Å²) in [4.78, 5) is 1.95. The van der Waals surface area contributed by atoms with Crippen LogP contribution in [0.4, 0.5) is 4.39 Å². The first kappa shape index (κ1) is 12.6. The van der Waals surface area contributed by atoms with E-state index in [-0.39, 0.29) is 5.82 Å². The second-order valence-corrected chi connectivity index (χ2v) is 5.03. The van der Waals surface area contributed by atoms with Crippen LogP contribution in [0.5, 0.6) is 0 Å². The lowest BCUT2D eigenvalue weighted by molar-refractivity contribution is 0.180. The van der Waals surface area contributed by atoms with Gasteiger partial charge in [0.2, 0.25) is 0 Å². The third-order valence-electron chi connectivity index (χ3n) is 2.57. The van der Waals surface area contributed by atoms with Crippen molar-refractivity contribution in [2.75, 3.05) is 14.1 Å². The van der Waals surface area contributed by atoms with Crippen molar-refractivity contribution in [3.8, 4) is 0 Å². The standard InChI is InChI=1S/C11H16BrFN2/c1-11(14,15(2)3)7-8-4-5-10(13)9(12)6-8/h4-6H,7,14H2,1-3H3. The lowest BCUT2D eigenvalue weighted by atomic mass is 10.0. The van der Waals surface area contributed by atoms with Gasteiger partial charge in [0.25, 0.3) is 0 Å². The third kappa shape index (κ3) is 3.26. The molecule has 0 fully saturated rings. The molecule has 0 radical (unpaired) electrons. The highest BCUT2D eigenvalue weighted by atomic mass is 79.9. The smallest absolute Gasteiger partial charge is 0.137 e.